The van der Waals surface area contributed by atoms with Crippen LogP contribution in [0.5, 0.6) is 0 Å². The van der Waals surface area contributed by atoms with Gasteiger partial charge in [0.05, 0.1) is 0 Å². The van der Waals surface area contributed by atoms with E-state index in [1.165, 1.54) is 5.56 Å². The first-order valence-corrected chi connectivity index (χ1v) is 10.3. The summed E-state index contributed by atoms with van der Waals surface area (Å²) in [5.74, 6) is 0.975. The maximum absolute atomic E-state index is 11.9. The van der Waals surface area contributed by atoms with Crippen LogP contribution in [0.2, 0.25) is 0 Å². The molecular weight excluding hydrogens is 477 g/mol. The fourth-order valence-corrected chi connectivity index (χ4v) is 3.11. The summed E-state index contributed by atoms with van der Waals surface area (Å²) in [6.07, 6.45) is 5.82. The van der Waals surface area contributed by atoms with Gasteiger partial charge in [0.1, 0.15) is 0 Å². The van der Waals surface area contributed by atoms with Gasteiger partial charge in [0, 0.05) is 58.8 Å². The summed E-state index contributed by atoms with van der Waals surface area (Å²) < 4.78 is 0. The molecule has 1 aliphatic rings. The molecule has 29 heavy (non-hydrogen) atoms. The van der Waals surface area contributed by atoms with Gasteiger partial charge in [0.15, 0.2) is 5.96 Å². The molecule has 0 aromatic heterocycles. The molecule has 0 bridgehead atoms. The Morgan fingerprint density at radius 2 is 1.90 bits per heavy atom. The Labute approximate surface area is 192 Å². The lowest BCUT2D eigenvalue weighted by molar-refractivity contribution is -0.121. The highest BCUT2D eigenvalue weighted by Gasteiger charge is 2.18. The van der Waals surface area contributed by atoms with Gasteiger partial charge in [0.25, 0.3) is 0 Å². The van der Waals surface area contributed by atoms with E-state index in [-0.39, 0.29) is 35.9 Å². The number of nitrogens with zero attached hydrogens (tertiary/aromatic N) is 3. The third-order valence-electron chi connectivity index (χ3n) is 5.01. The van der Waals surface area contributed by atoms with E-state index in [0.29, 0.717) is 13.0 Å². The van der Waals surface area contributed by atoms with Gasteiger partial charge in [-0.2, -0.15) is 0 Å². The number of benzene rings is 1. The topological polar surface area (TPSA) is 60.0 Å². The van der Waals surface area contributed by atoms with E-state index in [9.17, 15) is 4.79 Å². The van der Waals surface area contributed by atoms with Crippen LogP contribution in [0.25, 0.3) is 6.08 Å². The molecule has 0 saturated carbocycles. The molecule has 1 aliphatic heterocycles. The zero-order chi connectivity index (χ0) is 20.2. The molecule has 0 radical (unpaired) electrons. The second-order valence-corrected chi connectivity index (χ2v) is 7.20. The number of piperazine rings is 1. The van der Waals surface area contributed by atoms with Crippen LogP contribution in [0.4, 0.5) is 0 Å². The van der Waals surface area contributed by atoms with E-state index < -0.39 is 0 Å². The third kappa shape index (κ3) is 9.62. The second kappa shape index (κ2) is 14.4. The molecule has 2 rings (SSSR count). The molecule has 162 valence electrons. The molecule has 1 unspecified atom stereocenters. The number of guanidine groups is 1. The number of halogens is 1. The van der Waals surface area contributed by atoms with Gasteiger partial charge in [-0.15, -0.1) is 24.0 Å². The van der Waals surface area contributed by atoms with E-state index in [1.54, 1.807) is 7.05 Å². The fraction of sp³-hybridized carbons (Fsp3) is 0.545. The molecule has 1 atom stereocenters. The molecule has 1 fully saturated rings. The second-order valence-electron chi connectivity index (χ2n) is 7.20. The van der Waals surface area contributed by atoms with E-state index >= 15 is 0 Å². The van der Waals surface area contributed by atoms with Crippen LogP contribution in [0.15, 0.2) is 41.4 Å². The van der Waals surface area contributed by atoms with E-state index in [1.807, 2.05) is 13.0 Å². The number of nitrogens with one attached hydrogen (secondary N) is 2. The predicted octanol–water partition coefficient (Wildman–Crippen LogP) is 2.82. The minimum Gasteiger partial charge on any atom is -0.356 e. The maximum atomic E-state index is 11.9. The lowest BCUT2D eigenvalue weighted by Gasteiger charge is -2.36. The first kappa shape index (κ1) is 25.4. The van der Waals surface area contributed by atoms with E-state index in [2.05, 4.69) is 68.8 Å². The molecule has 1 aromatic carbocycles. The van der Waals surface area contributed by atoms with Crippen molar-refractivity contribution in [1.82, 2.24) is 20.4 Å². The van der Waals surface area contributed by atoms with Crippen LogP contribution in [0.3, 0.4) is 0 Å². The van der Waals surface area contributed by atoms with Gasteiger partial charge in [0.2, 0.25) is 5.91 Å². The number of carbonyl (C=O) groups excluding carboxylic acids is 1. The third-order valence-corrected chi connectivity index (χ3v) is 5.01. The Hall–Kier alpha value is -1.61. The summed E-state index contributed by atoms with van der Waals surface area (Å²) in [7, 11) is 1.80. The smallest absolute Gasteiger partial charge is 0.221 e. The Morgan fingerprint density at radius 1 is 1.21 bits per heavy atom. The molecule has 1 aromatic rings. The molecule has 1 amide bonds. The van der Waals surface area contributed by atoms with Crippen molar-refractivity contribution in [3.05, 3.63) is 42.0 Å². The van der Waals surface area contributed by atoms with Crippen molar-refractivity contribution in [2.75, 3.05) is 46.3 Å². The lowest BCUT2D eigenvalue weighted by Crippen LogP contribution is -2.52. The molecule has 0 aliphatic carbocycles. The highest BCUT2D eigenvalue weighted by molar-refractivity contribution is 14.0. The number of hydrogen-bond donors (Lipinski definition) is 2. The first-order valence-electron chi connectivity index (χ1n) is 10.3. The lowest BCUT2D eigenvalue weighted by atomic mass is 10.2. The van der Waals surface area contributed by atoms with Crippen LogP contribution in [0.1, 0.15) is 32.3 Å². The SMILES string of the molecule is CCC(C)NC(=O)CCNC(=NC)N1CCN(C/C=C/c2ccccc2)CC1.I. The Kier molecular flexibility index (Phi) is 12.6. The molecule has 7 heteroatoms. The van der Waals surface area contributed by atoms with Crippen molar-refractivity contribution in [3.8, 4) is 0 Å². The standard InChI is InChI=1S/C22H35N5O.HI/c1-4-19(2)25-21(28)12-13-24-22(23-3)27-17-15-26(16-18-27)14-8-11-20-9-6-5-7-10-20;/h5-11,19H,4,12-18H2,1-3H3,(H,23,24)(H,25,28);1H/b11-8+;. The fourth-order valence-electron chi connectivity index (χ4n) is 3.11. The van der Waals surface area contributed by atoms with E-state index in [4.69, 9.17) is 0 Å². The Balaban J connectivity index is 0.00000420. The summed E-state index contributed by atoms with van der Waals surface area (Å²) in [5.41, 5.74) is 1.24. The summed E-state index contributed by atoms with van der Waals surface area (Å²) in [4.78, 5) is 21.0. The zero-order valence-corrected chi connectivity index (χ0v) is 20.3. The molecule has 1 heterocycles. The van der Waals surface area contributed by atoms with Crippen molar-refractivity contribution in [3.63, 3.8) is 0 Å². The highest BCUT2D eigenvalue weighted by atomic mass is 127. The number of aliphatic imine (C=N–C) groups is 1. The minimum absolute atomic E-state index is 0. The van der Waals surface area contributed by atoms with Crippen LogP contribution in [-0.4, -0.2) is 74.0 Å². The molecular formula is C22H36IN5O. The summed E-state index contributed by atoms with van der Waals surface area (Å²) >= 11 is 0. The molecule has 2 N–H and O–H groups in total. The average Bonchev–Trinajstić information content (AvgIpc) is 2.72. The van der Waals surface area contributed by atoms with Crippen molar-refractivity contribution < 1.29 is 4.79 Å². The number of hydrogen-bond acceptors (Lipinski definition) is 3. The van der Waals surface area contributed by atoms with Crippen molar-refractivity contribution in [2.45, 2.75) is 32.7 Å². The molecule has 6 nitrogen and oxygen atoms in total. The van der Waals surface area contributed by atoms with Gasteiger partial charge >= 0.3 is 0 Å². The molecule has 1 saturated heterocycles. The van der Waals surface area contributed by atoms with Crippen LogP contribution >= 0.6 is 24.0 Å². The summed E-state index contributed by atoms with van der Waals surface area (Å²) in [6.45, 7) is 9.57. The quantitative estimate of drug-likeness (QED) is 0.319. The average molecular weight is 513 g/mol. The van der Waals surface area contributed by atoms with Gasteiger partial charge in [-0.1, -0.05) is 49.4 Å². The van der Waals surface area contributed by atoms with Crippen molar-refractivity contribution in [2.24, 2.45) is 4.99 Å². The van der Waals surface area contributed by atoms with Crippen molar-refractivity contribution >= 4 is 41.9 Å². The van der Waals surface area contributed by atoms with Crippen LogP contribution in [-0.2, 0) is 4.79 Å². The Bertz CT molecular complexity index is 642. The number of carbonyl (C=O) groups is 1. The van der Waals surface area contributed by atoms with Crippen LogP contribution < -0.4 is 10.6 Å². The molecule has 0 spiro atoms. The van der Waals surface area contributed by atoms with Gasteiger partial charge in [-0.05, 0) is 18.9 Å². The van der Waals surface area contributed by atoms with E-state index in [0.717, 1.165) is 45.1 Å². The largest absolute Gasteiger partial charge is 0.356 e. The van der Waals surface area contributed by atoms with Gasteiger partial charge < -0.3 is 15.5 Å². The van der Waals surface area contributed by atoms with Gasteiger partial charge in [-0.25, -0.2) is 0 Å². The van der Waals surface area contributed by atoms with Gasteiger partial charge in [-0.3, -0.25) is 14.7 Å². The maximum Gasteiger partial charge on any atom is 0.221 e. The summed E-state index contributed by atoms with van der Waals surface area (Å²) in [5, 5.41) is 6.32. The normalized spacial score (nSPS) is 16.4. The highest BCUT2D eigenvalue weighted by Crippen LogP contribution is 2.05. The zero-order valence-electron chi connectivity index (χ0n) is 17.9. The Morgan fingerprint density at radius 3 is 2.52 bits per heavy atom. The van der Waals surface area contributed by atoms with Crippen molar-refractivity contribution in [1.29, 1.82) is 0 Å². The minimum atomic E-state index is 0. The number of rotatable bonds is 8. The van der Waals surface area contributed by atoms with Crippen LogP contribution in [0, 0.1) is 0 Å². The predicted molar refractivity (Wildman–Crippen MR) is 133 cm³/mol. The monoisotopic (exact) mass is 513 g/mol. The first-order chi connectivity index (χ1) is 13.6. The number of amides is 1. The summed E-state index contributed by atoms with van der Waals surface area (Å²) in [6, 6.07) is 10.6.